The van der Waals surface area contributed by atoms with E-state index in [9.17, 15) is 15.0 Å². The Morgan fingerprint density at radius 2 is 1.84 bits per heavy atom. The van der Waals surface area contributed by atoms with Crippen LogP contribution < -0.4 is 16.0 Å². The number of likely N-dealkylation sites (N-methyl/N-ethyl adjacent to an activating group) is 1. The van der Waals surface area contributed by atoms with E-state index < -0.39 is 29.4 Å². The average molecular weight is 567 g/mol. The number of carbonyl (C=O) groups excluding carboxylic acids is 1. The van der Waals surface area contributed by atoms with Gasteiger partial charge in [0.25, 0.3) is 0 Å². The van der Waals surface area contributed by atoms with Gasteiger partial charge in [-0.15, -0.1) is 0 Å². The number of anilines is 1. The van der Waals surface area contributed by atoms with E-state index in [-0.39, 0.29) is 34.1 Å². The van der Waals surface area contributed by atoms with E-state index >= 15 is 4.39 Å². The summed E-state index contributed by atoms with van der Waals surface area (Å²) in [6.07, 6.45) is 1.62. The molecule has 5 N–H and O–H groups in total. The van der Waals surface area contributed by atoms with E-state index in [1.807, 2.05) is 26.8 Å². The van der Waals surface area contributed by atoms with Gasteiger partial charge in [0, 0.05) is 22.7 Å². The first-order valence-electron chi connectivity index (χ1n) is 13.2. The van der Waals surface area contributed by atoms with Crippen molar-refractivity contribution < 1.29 is 19.4 Å². The van der Waals surface area contributed by atoms with Crippen LogP contribution in [0, 0.1) is 11.2 Å². The minimum absolute atomic E-state index is 0.0174. The molecule has 4 rings (SSSR count). The molecule has 1 heterocycles. The number of rotatable bonds is 8. The molecule has 2 aromatic rings. The SMILES string of the molecule is CNC(C(O)NC1CCC(O)CC1)[C@H](c1cccc(Cl)c1F)C1(CC(C)(C)C)C(=O)Nc2cc(Cl)ccc21. The molecule has 0 radical (unpaired) electrons. The largest absolute Gasteiger partial charge is 0.393 e. The molecular formula is C29H38Cl2FN3O3. The van der Waals surface area contributed by atoms with Gasteiger partial charge >= 0.3 is 0 Å². The molecule has 6 nitrogen and oxygen atoms in total. The first kappa shape index (κ1) is 29.2. The Morgan fingerprint density at radius 3 is 2.47 bits per heavy atom. The lowest BCUT2D eigenvalue weighted by Crippen LogP contribution is -2.59. The standard InChI is InChI=1S/C29H38Cl2FN3O3/c1-28(2,3)15-29(20-13-8-16(30)14-22(20)35-27(29)38)23(19-6-5-7-21(31)24(19)32)25(33-4)26(37)34-17-9-11-18(36)12-10-17/h5-8,13-14,17-18,23,25-26,33-34,36-37H,9-12,15H2,1-4H3,(H,35,38)/t17?,18?,23-,25?,26?,29?/m0/s1. The van der Waals surface area contributed by atoms with Gasteiger partial charge in [-0.3, -0.25) is 10.1 Å². The van der Waals surface area contributed by atoms with Crippen LogP contribution in [0.2, 0.25) is 10.0 Å². The summed E-state index contributed by atoms with van der Waals surface area (Å²) in [6.45, 7) is 6.12. The summed E-state index contributed by atoms with van der Waals surface area (Å²) in [4.78, 5) is 14.2. The van der Waals surface area contributed by atoms with E-state index in [0.717, 1.165) is 0 Å². The molecule has 0 saturated heterocycles. The molecule has 0 spiro atoms. The van der Waals surface area contributed by atoms with Crippen LogP contribution in [-0.2, 0) is 10.2 Å². The molecular weight excluding hydrogens is 528 g/mol. The number of amides is 1. The molecule has 2 aromatic carbocycles. The molecule has 1 saturated carbocycles. The molecule has 1 aliphatic heterocycles. The van der Waals surface area contributed by atoms with Gasteiger partial charge in [-0.25, -0.2) is 4.39 Å². The Kier molecular flexibility index (Phi) is 8.77. The van der Waals surface area contributed by atoms with Crippen LogP contribution in [0.5, 0.6) is 0 Å². The number of carbonyl (C=O) groups is 1. The number of aliphatic hydroxyl groups is 2. The van der Waals surface area contributed by atoms with Crippen LogP contribution in [0.15, 0.2) is 36.4 Å². The maximum Gasteiger partial charge on any atom is 0.235 e. The summed E-state index contributed by atoms with van der Waals surface area (Å²) in [6, 6.07) is 9.27. The molecule has 1 aliphatic carbocycles. The molecule has 2 aliphatic rings. The zero-order valence-electron chi connectivity index (χ0n) is 22.3. The quantitative estimate of drug-likeness (QED) is 0.278. The second-order valence-corrected chi connectivity index (χ2v) is 12.7. The number of hydrogen-bond acceptors (Lipinski definition) is 5. The Bertz CT molecular complexity index is 1170. The number of aliphatic hydroxyl groups excluding tert-OH is 2. The zero-order chi connectivity index (χ0) is 27.8. The second-order valence-electron chi connectivity index (χ2n) is 11.9. The van der Waals surface area contributed by atoms with Crippen molar-refractivity contribution in [2.75, 3.05) is 12.4 Å². The smallest absolute Gasteiger partial charge is 0.235 e. The van der Waals surface area contributed by atoms with Gasteiger partial charge in [-0.1, -0.05) is 62.2 Å². The number of benzene rings is 2. The first-order chi connectivity index (χ1) is 17.9. The van der Waals surface area contributed by atoms with Gasteiger partial charge in [0.15, 0.2) is 0 Å². The van der Waals surface area contributed by atoms with Crippen LogP contribution in [0.4, 0.5) is 10.1 Å². The minimum Gasteiger partial charge on any atom is -0.393 e. The summed E-state index contributed by atoms with van der Waals surface area (Å²) in [5.74, 6) is -1.73. The van der Waals surface area contributed by atoms with Crippen molar-refractivity contribution in [1.29, 1.82) is 0 Å². The molecule has 208 valence electrons. The number of nitrogens with one attached hydrogen (secondary N) is 3. The van der Waals surface area contributed by atoms with Crippen LogP contribution >= 0.6 is 23.2 Å². The Balaban J connectivity index is 1.90. The molecule has 1 amide bonds. The van der Waals surface area contributed by atoms with Crippen LogP contribution in [-0.4, -0.2) is 47.6 Å². The van der Waals surface area contributed by atoms with Gasteiger partial charge < -0.3 is 20.8 Å². The summed E-state index contributed by atoms with van der Waals surface area (Å²) in [5, 5.41) is 31.5. The highest BCUT2D eigenvalue weighted by Gasteiger charge is 2.58. The summed E-state index contributed by atoms with van der Waals surface area (Å²) < 4.78 is 15.9. The lowest BCUT2D eigenvalue weighted by molar-refractivity contribution is -0.123. The molecule has 38 heavy (non-hydrogen) atoms. The summed E-state index contributed by atoms with van der Waals surface area (Å²) in [7, 11) is 1.70. The fraction of sp³-hybridized carbons (Fsp3) is 0.552. The highest BCUT2D eigenvalue weighted by atomic mass is 35.5. The lowest BCUT2D eigenvalue weighted by atomic mass is 9.59. The number of hydrogen-bond donors (Lipinski definition) is 5. The minimum atomic E-state index is -1.25. The van der Waals surface area contributed by atoms with Gasteiger partial charge in [0.2, 0.25) is 5.91 Å². The Labute approximate surface area is 234 Å². The van der Waals surface area contributed by atoms with Gasteiger partial charge in [-0.2, -0.15) is 0 Å². The van der Waals surface area contributed by atoms with E-state index in [2.05, 4.69) is 16.0 Å². The molecule has 9 heteroatoms. The van der Waals surface area contributed by atoms with Crippen molar-refractivity contribution in [2.24, 2.45) is 5.41 Å². The van der Waals surface area contributed by atoms with E-state index in [1.54, 1.807) is 31.3 Å². The Hall–Kier alpha value is -1.74. The van der Waals surface area contributed by atoms with Crippen LogP contribution in [0.25, 0.3) is 0 Å². The van der Waals surface area contributed by atoms with E-state index in [0.29, 0.717) is 48.4 Å². The fourth-order valence-electron chi connectivity index (χ4n) is 6.42. The summed E-state index contributed by atoms with van der Waals surface area (Å²) >= 11 is 12.6. The van der Waals surface area contributed by atoms with Gasteiger partial charge in [0.05, 0.1) is 22.6 Å². The molecule has 1 fully saturated rings. The predicted molar refractivity (Wildman–Crippen MR) is 150 cm³/mol. The highest BCUT2D eigenvalue weighted by molar-refractivity contribution is 6.31. The van der Waals surface area contributed by atoms with Crippen LogP contribution in [0.1, 0.15) is 69.9 Å². The maximum atomic E-state index is 15.9. The summed E-state index contributed by atoms with van der Waals surface area (Å²) in [5.41, 5.74) is -0.0543. The monoisotopic (exact) mass is 565 g/mol. The van der Waals surface area contributed by atoms with Crippen molar-refractivity contribution in [2.45, 2.75) is 88.6 Å². The van der Waals surface area contributed by atoms with Crippen molar-refractivity contribution in [3.63, 3.8) is 0 Å². The van der Waals surface area contributed by atoms with Crippen molar-refractivity contribution in [3.8, 4) is 0 Å². The third kappa shape index (κ3) is 5.74. The normalized spacial score (nSPS) is 26.0. The molecule has 3 unspecified atom stereocenters. The third-order valence-corrected chi connectivity index (χ3v) is 8.44. The van der Waals surface area contributed by atoms with E-state index in [1.165, 1.54) is 6.07 Å². The van der Waals surface area contributed by atoms with Crippen molar-refractivity contribution >= 4 is 34.8 Å². The van der Waals surface area contributed by atoms with E-state index in [4.69, 9.17) is 23.2 Å². The highest BCUT2D eigenvalue weighted by Crippen LogP contribution is 2.55. The third-order valence-electron chi connectivity index (χ3n) is 7.91. The first-order valence-corrected chi connectivity index (χ1v) is 14.0. The molecule has 0 bridgehead atoms. The number of fused-ring (bicyclic) bond motifs is 1. The molecule has 0 aromatic heterocycles. The average Bonchev–Trinajstić information content (AvgIpc) is 3.10. The topological polar surface area (TPSA) is 93.6 Å². The van der Waals surface area contributed by atoms with Gasteiger partial charge in [0.1, 0.15) is 12.0 Å². The second kappa shape index (κ2) is 11.4. The molecule has 4 atom stereocenters. The maximum absolute atomic E-state index is 15.9. The number of halogens is 3. The zero-order valence-corrected chi connectivity index (χ0v) is 23.8. The van der Waals surface area contributed by atoms with Crippen LogP contribution in [0.3, 0.4) is 0 Å². The fourth-order valence-corrected chi connectivity index (χ4v) is 6.77. The van der Waals surface area contributed by atoms with Gasteiger partial charge in [-0.05, 0) is 73.9 Å². The van der Waals surface area contributed by atoms with Crippen molar-refractivity contribution in [3.05, 3.63) is 63.4 Å². The van der Waals surface area contributed by atoms with Crippen molar-refractivity contribution in [1.82, 2.24) is 10.6 Å². The Morgan fingerprint density at radius 1 is 1.16 bits per heavy atom. The lowest BCUT2D eigenvalue weighted by Gasteiger charge is -2.46. The predicted octanol–water partition coefficient (Wildman–Crippen LogP) is 5.34.